The van der Waals surface area contributed by atoms with Gasteiger partial charge in [0.05, 0.1) is 34.3 Å². The van der Waals surface area contributed by atoms with E-state index in [-0.39, 0.29) is 0 Å². The van der Waals surface area contributed by atoms with Crippen LogP contribution in [0.5, 0.6) is 0 Å². The quantitative estimate of drug-likeness (QED) is 0.423. The van der Waals surface area contributed by atoms with Gasteiger partial charge in [-0.25, -0.2) is 0 Å². The van der Waals surface area contributed by atoms with Crippen LogP contribution in [0, 0.1) is 22.7 Å². The van der Waals surface area contributed by atoms with E-state index in [4.69, 9.17) is 10.5 Å². The molecule has 25 heavy (non-hydrogen) atoms. The van der Waals surface area contributed by atoms with Crippen LogP contribution in [0.4, 0.5) is 0 Å². The van der Waals surface area contributed by atoms with Crippen LogP contribution >= 0.6 is 31.9 Å². The number of rotatable bonds is 0. The molecule has 6 nitrogen and oxygen atoms in total. The Morgan fingerprint density at radius 2 is 1.60 bits per heavy atom. The molecule has 122 valence electrons. The first-order valence-corrected chi connectivity index (χ1v) is 8.68. The van der Waals surface area contributed by atoms with Crippen molar-refractivity contribution in [3.8, 4) is 12.1 Å². The van der Waals surface area contributed by atoms with E-state index in [0.717, 1.165) is 31.0 Å². The highest BCUT2D eigenvalue weighted by molar-refractivity contribution is 9.10. The third kappa shape index (κ3) is 3.41. The first-order chi connectivity index (χ1) is 12.0. The molecule has 4 rings (SSSR count). The maximum Gasteiger partial charge on any atom is 0.136 e. The zero-order valence-electron chi connectivity index (χ0n) is 13.0. The molecular weight excluding hydrogens is 448 g/mol. The maximum absolute atomic E-state index is 8.70. The van der Waals surface area contributed by atoms with E-state index in [2.05, 4.69) is 59.3 Å². The highest BCUT2D eigenvalue weighted by Gasteiger charge is 2.05. The Balaban J connectivity index is 0.000000146. The Morgan fingerprint density at radius 3 is 2.28 bits per heavy atom. The van der Waals surface area contributed by atoms with E-state index in [1.807, 2.05) is 25.2 Å². The fourth-order valence-corrected chi connectivity index (χ4v) is 3.32. The van der Waals surface area contributed by atoms with Gasteiger partial charge in [-0.2, -0.15) is 20.7 Å². The summed E-state index contributed by atoms with van der Waals surface area (Å²) in [5.74, 6) is 0. The van der Waals surface area contributed by atoms with Gasteiger partial charge in [-0.1, -0.05) is 0 Å². The number of fused-ring (bicyclic) bond motifs is 2. The van der Waals surface area contributed by atoms with Gasteiger partial charge in [0, 0.05) is 17.8 Å². The van der Waals surface area contributed by atoms with Crippen molar-refractivity contribution in [2.24, 2.45) is 7.05 Å². The minimum atomic E-state index is 0.643. The van der Waals surface area contributed by atoms with Crippen molar-refractivity contribution >= 4 is 53.7 Å². The molecular formula is C17H10Br2N6. The topological polar surface area (TPSA) is 94.1 Å². The van der Waals surface area contributed by atoms with Crippen LogP contribution in [0.15, 0.2) is 45.6 Å². The fraction of sp³-hybridized carbons (Fsp3) is 0.0588. The number of benzene rings is 2. The van der Waals surface area contributed by atoms with Crippen molar-refractivity contribution in [2.45, 2.75) is 0 Å². The number of H-pyrrole nitrogens is 1. The number of nitrogens with one attached hydrogen (secondary N) is 1. The third-order valence-corrected chi connectivity index (χ3v) is 4.77. The molecule has 0 radical (unpaired) electrons. The monoisotopic (exact) mass is 456 g/mol. The van der Waals surface area contributed by atoms with Gasteiger partial charge in [0.1, 0.15) is 9.21 Å². The fourth-order valence-electron chi connectivity index (χ4n) is 2.34. The molecule has 2 aromatic carbocycles. The molecule has 0 bridgehead atoms. The molecule has 0 aliphatic carbocycles. The van der Waals surface area contributed by atoms with E-state index in [9.17, 15) is 0 Å². The Labute approximate surface area is 159 Å². The lowest BCUT2D eigenvalue weighted by molar-refractivity contribution is 0.788. The number of nitrogens with zero attached hydrogens (tertiary/aromatic N) is 5. The summed E-state index contributed by atoms with van der Waals surface area (Å²) in [5, 5.41) is 30.2. The van der Waals surface area contributed by atoms with E-state index >= 15 is 0 Å². The normalized spacial score (nSPS) is 10.1. The highest BCUT2D eigenvalue weighted by atomic mass is 79.9. The molecule has 0 atom stereocenters. The minimum Gasteiger partial charge on any atom is -0.277 e. The highest BCUT2D eigenvalue weighted by Crippen LogP contribution is 2.23. The van der Waals surface area contributed by atoms with E-state index in [1.165, 1.54) is 0 Å². The molecule has 0 amide bonds. The summed E-state index contributed by atoms with van der Waals surface area (Å²) in [5.41, 5.74) is 3.25. The van der Waals surface area contributed by atoms with E-state index in [1.54, 1.807) is 22.9 Å². The van der Waals surface area contributed by atoms with Crippen LogP contribution in [0.3, 0.4) is 0 Å². The standard InChI is InChI=1S/C9H6BrN3.C8H4BrN3/c1-13-8-3-2-6(5-11)4-7(8)9(10)12-13;9-8-6-3-5(4-10)1-2-7(6)11-12-8/h2-4H,1H3;1-3H,(H,11,12). The summed E-state index contributed by atoms with van der Waals surface area (Å²) < 4.78 is 3.30. The first kappa shape index (κ1) is 17.2. The van der Waals surface area contributed by atoms with Gasteiger partial charge in [-0.05, 0) is 68.3 Å². The lowest BCUT2D eigenvalue weighted by Gasteiger charge is -1.92. The molecule has 0 aliphatic heterocycles. The van der Waals surface area contributed by atoms with Crippen molar-refractivity contribution < 1.29 is 0 Å². The second-order valence-electron chi connectivity index (χ2n) is 5.14. The van der Waals surface area contributed by atoms with Crippen molar-refractivity contribution in [1.82, 2.24) is 20.0 Å². The molecule has 0 unspecified atom stereocenters. The van der Waals surface area contributed by atoms with Crippen LogP contribution in [0.1, 0.15) is 11.1 Å². The van der Waals surface area contributed by atoms with Crippen LogP contribution in [0.25, 0.3) is 21.8 Å². The van der Waals surface area contributed by atoms with Crippen molar-refractivity contribution in [3.05, 3.63) is 56.7 Å². The molecule has 0 spiro atoms. The molecule has 0 fully saturated rings. The number of hydrogen-bond acceptors (Lipinski definition) is 4. The van der Waals surface area contributed by atoms with Gasteiger partial charge in [0.15, 0.2) is 0 Å². The predicted octanol–water partition coefficient (Wildman–Crippen LogP) is 4.40. The van der Waals surface area contributed by atoms with Crippen molar-refractivity contribution in [1.29, 1.82) is 10.5 Å². The zero-order chi connectivity index (χ0) is 18.0. The zero-order valence-corrected chi connectivity index (χ0v) is 16.1. The number of aromatic nitrogens is 4. The SMILES string of the molecule is Cn1nc(Br)c2cc(C#N)ccc21.N#Cc1ccc2[nH]nc(Br)c2c1. The Hall–Kier alpha value is -2.68. The predicted molar refractivity (Wildman–Crippen MR) is 102 cm³/mol. The lowest BCUT2D eigenvalue weighted by Crippen LogP contribution is -1.88. The summed E-state index contributed by atoms with van der Waals surface area (Å²) in [7, 11) is 1.87. The van der Waals surface area contributed by atoms with Crippen LogP contribution in [0.2, 0.25) is 0 Å². The Bertz CT molecular complexity index is 1160. The largest absolute Gasteiger partial charge is 0.277 e. The van der Waals surface area contributed by atoms with Crippen molar-refractivity contribution in [3.63, 3.8) is 0 Å². The van der Waals surface area contributed by atoms with Gasteiger partial charge >= 0.3 is 0 Å². The minimum absolute atomic E-state index is 0.643. The maximum atomic E-state index is 8.70. The van der Waals surface area contributed by atoms with Gasteiger partial charge in [-0.3, -0.25) is 9.78 Å². The summed E-state index contributed by atoms with van der Waals surface area (Å²) in [6.45, 7) is 0. The summed E-state index contributed by atoms with van der Waals surface area (Å²) in [6, 6.07) is 15.1. The average Bonchev–Trinajstić information content (AvgIpc) is 3.15. The molecule has 0 aliphatic rings. The van der Waals surface area contributed by atoms with Gasteiger partial charge < -0.3 is 0 Å². The van der Waals surface area contributed by atoms with Crippen LogP contribution < -0.4 is 0 Å². The van der Waals surface area contributed by atoms with Crippen LogP contribution in [-0.4, -0.2) is 20.0 Å². The van der Waals surface area contributed by atoms with E-state index in [0.29, 0.717) is 11.1 Å². The summed E-state index contributed by atoms with van der Waals surface area (Å²) in [4.78, 5) is 0. The number of aryl methyl sites for hydroxylation is 1. The van der Waals surface area contributed by atoms with Gasteiger partial charge in [-0.15, -0.1) is 0 Å². The molecule has 1 N–H and O–H groups in total. The number of halogens is 2. The second kappa shape index (κ2) is 7.06. The molecule has 8 heteroatoms. The average molecular weight is 458 g/mol. The third-order valence-electron chi connectivity index (χ3n) is 3.58. The van der Waals surface area contributed by atoms with Crippen molar-refractivity contribution in [2.75, 3.05) is 0 Å². The Morgan fingerprint density at radius 1 is 0.960 bits per heavy atom. The smallest absolute Gasteiger partial charge is 0.136 e. The molecule has 0 saturated carbocycles. The number of hydrogen-bond donors (Lipinski definition) is 1. The lowest BCUT2D eigenvalue weighted by atomic mass is 10.2. The Kier molecular flexibility index (Phi) is 4.84. The summed E-state index contributed by atoms with van der Waals surface area (Å²) in [6.07, 6.45) is 0. The van der Waals surface area contributed by atoms with E-state index < -0.39 is 0 Å². The number of aromatic amines is 1. The number of nitriles is 2. The molecule has 2 aromatic heterocycles. The molecule has 2 heterocycles. The van der Waals surface area contributed by atoms with Gasteiger partial charge in [0.25, 0.3) is 0 Å². The second-order valence-corrected chi connectivity index (χ2v) is 6.65. The molecule has 0 saturated heterocycles. The summed E-state index contributed by atoms with van der Waals surface area (Å²) >= 11 is 6.62. The van der Waals surface area contributed by atoms with Crippen LogP contribution in [-0.2, 0) is 7.05 Å². The first-order valence-electron chi connectivity index (χ1n) is 7.09. The molecule has 4 aromatic rings. The van der Waals surface area contributed by atoms with Gasteiger partial charge in [0.2, 0.25) is 0 Å².